The van der Waals surface area contributed by atoms with Gasteiger partial charge in [0, 0.05) is 6.42 Å². The first kappa shape index (κ1) is 7.74. The Balaban J connectivity index is 3.56. The topological polar surface area (TPSA) is 93.5 Å². The third-order valence-corrected chi connectivity index (χ3v) is 0.672. The second-order valence-corrected chi connectivity index (χ2v) is 1.43. The number of hydrogen-bond donors (Lipinski definition) is 3. The fourth-order valence-corrected chi connectivity index (χ4v) is 0.206. The third kappa shape index (κ3) is 4.60. The molecule has 9 heavy (non-hydrogen) atoms. The van der Waals surface area contributed by atoms with Gasteiger partial charge in [-0.15, -0.1) is 0 Å². The lowest BCUT2D eigenvalue weighted by Gasteiger charge is -1.93. The summed E-state index contributed by atoms with van der Waals surface area (Å²) >= 11 is 0. The van der Waals surface area contributed by atoms with Crippen LogP contribution in [-0.2, 0) is 0 Å². The number of amidine groups is 1. The standard InChI is InChI=1S/C4H10N4O/c1-2-3(5)7-8-4(6)9/h2H2,1H3,(H2,5,7)(H3,6,8,9). The summed E-state index contributed by atoms with van der Waals surface area (Å²) < 4.78 is 0. The molecule has 0 aliphatic heterocycles. The Morgan fingerprint density at radius 1 is 1.67 bits per heavy atom. The van der Waals surface area contributed by atoms with E-state index in [1.807, 2.05) is 12.3 Å². The Bertz CT molecular complexity index is 131. The molecule has 0 spiro atoms. The summed E-state index contributed by atoms with van der Waals surface area (Å²) in [5.41, 5.74) is 11.9. The summed E-state index contributed by atoms with van der Waals surface area (Å²) in [6, 6.07) is -0.702. The van der Waals surface area contributed by atoms with E-state index in [4.69, 9.17) is 5.73 Å². The van der Waals surface area contributed by atoms with Gasteiger partial charge in [0.05, 0.1) is 0 Å². The van der Waals surface area contributed by atoms with E-state index in [-0.39, 0.29) is 0 Å². The van der Waals surface area contributed by atoms with Crippen LogP contribution in [0.15, 0.2) is 5.10 Å². The summed E-state index contributed by atoms with van der Waals surface area (Å²) in [5.74, 6) is 0.355. The molecule has 0 aromatic heterocycles. The van der Waals surface area contributed by atoms with E-state index >= 15 is 0 Å². The van der Waals surface area contributed by atoms with Crippen LogP contribution in [0.1, 0.15) is 13.3 Å². The van der Waals surface area contributed by atoms with Crippen LogP contribution in [0.4, 0.5) is 4.79 Å². The lowest BCUT2D eigenvalue weighted by Crippen LogP contribution is -2.27. The molecular formula is C4H10N4O. The molecule has 0 fully saturated rings. The maximum absolute atomic E-state index is 9.97. The van der Waals surface area contributed by atoms with E-state index in [1.54, 1.807) is 0 Å². The van der Waals surface area contributed by atoms with Crippen LogP contribution < -0.4 is 16.9 Å². The van der Waals surface area contributed by atoms with Crippen molar-refractivity contribution in [3.8, 4) is 0 Å². The minimum Gasteiger partial charge on any atom is -0.386 e. The van der Waals surface area contributed by atoms with Gasteiger partial charge in [-0.1, -0.05) is 6.92 Å². The van der Waals surface area contributed by atoms with E-state index in [9.17, 15) is 4.79 Å². The molecule has 0 saturated heterocycles. The molecule has 0 rings (SSSR count). The minimum atomic E-state index is -0.702. The van der Waals surface area contributed by atoms with Crippen molar-refractivity contribution in [3.05, 3.63) is 0 Å². The quantitative estimate of drug-likeness (QED) is 0.263. The lowest BCUT2D eigenvalue weighted by molar-refractivity contribution is 0.249. The number of carbonyl (C=O) groups excluding carboxylic acids is 1. The number of urea groups is 1. The van der Waals surface area contributed by atoms with Gasteiger partial charge in [0.2, 0.25) is 0 Å². The molecule has 5 heteroatoms. The molecule has 0 aromatic rings. The van der Waals surface area contributed by atoms with Gasteiger partial charge in [0.25, 0.3) is 0 Å². The molecule has 0 unspecified atom stereocenters. The van der Waals surface area contributed by atoms with Crippen LogP contribution in [0.3, 0.4) is 0 Å². The third-order valence-electron chi connectivity index (χ3n) is 0.672. The highest BCUT2D eigenvalue weighted by Gasteiger charge is 1.87. The molecule has 0 heterocycles. The van der Waals surface area contributed by atoms with Crippen molar-refractivity contribution >= 4 is 11.9 Å². The second kappa shape index (κ2) is 3.71. The first-order valence-corrected chi connectivity index (χ1v) is 2.54. The van der Waals surface area contributed by atoms with Crippen LogP contribution >= 0.6 is 0 Å². The lowest BCUT2D eigenvalue weighted by atomic mass is 10.5. The first-order valence-electron chi connectivity index (χ1n) is 2.54. The normalized spacial score (nSPS) is 11.0. The van der Waals surface area contributed by atoms with Gasteiger partial charge in [-0.2, -0.15) is 5.10 Å². The van der Waals surface area contributed by atoms with Crippen molar-refractivity contribution < 1.29 is 4.79 Å². The molecule has 5 nitrogen and oxygen atoms in total. The van der Waals surface area contributed by atoms with Crippen molar-refractivity contribution in [2.24, 2.45) is 16.6 Å². The first-order chi connectivity index (χ1) is 4.16. The van der Waals surface area contributed by atoms with Gasteiger partial charge >= 0.3 is 6.03 Å². The number of nitrogens with zero attached hydrogens (tertiary/aromatic N) is 1. The zero-order valence-electron chi connectivity index (χ0n) is 5.22. The van der Waals surface area contributed by atoms with Crippen LogP contribution in [0.25, 0.3) is 0 Å². The molecule has 0 aromatic carbocycles. The number of amides is 2. The summed E-state index contributed by atoms with van der Waals surface area (Å²) in [7, 11) is 0. The van der Waals surface area contributed by atoms with Crippen LogP contribution in [0, 0.1) is 0 Å². The number of nitrogens with two attached hydrogens (primary N) is 2. The highest BCUT2D eigenvalue weighted by Crippen LogP contribution is 1.72. The van der Waals surface area contributed by atoms with Gasteiger partial charge in [-0.25, -0.2) is 10.2 Å². The van der Waals surface area contributed by atoms with E-state index in [1.165, 1.54) is 0 Å². The van der Waals surface area contributed by atoms with E-state index in [0.29, 0.717) is 12.3 Å². The average Bonchev–Trinajstić information content (AvgIpc) is 1.83. The van der Waals surface area contributed by atoms with Crippen molar-refractivity contribution in [3.63, 3.8) is 0 Å². The van der Waals surface area contributed by atoms with Crippen molar-refractivity contribution in [1.82, 2.24) is 5.43 Å². The largest absolute Gasteiger partial charge is 0.386 e. The molecule has 0 aliphatic carbocycles. The molecule has 0 saturated carbocycles. The molecule has 0 aliphatic rings. The smallest absolute Gasteiger partial charge is 0.332 e. The average molecular weight is 130 g/mol. The molecule has 0 atom stereocenters. The highest BCUT2D eigenvalue weighted by atomic mass is 16.2. The van der Waals surface area contributed by atoms with Gasteiger partial charge in [0.1, 0.15) is 5.84 Å². The Labute approximate surface area is 53.1 Å². The van der Waals surface area contributed by atoms with Crippen LogP contribution in [-0.4, -0.2) is 11.9 Å². The SMILES string of the molecule is CC/C(N)=N/NC(N)=O. The number of primary amides is 1. The number of hydrazone groups is 1. The Morgan fingerprint density at radius 3 is 2.56 bits per heavy atom. The number of nitrogens with one attached hydrogen (secondary N) is 1. The predicted octanol–water partition coefficient (Wildman–Crippen LogP) is -0.663. The second-order valence-electron chi connectivity index (χ2n) is 1.43. The molecule has 5 N–H and O–H groups in total. The van der Waals surface area contributed by atoms with Crippen molar-refractivity contribution in [2.45, 2.75) is 13.3 Å². The molecule has 0 radical (unpaired) electrons. The van der Waals surface area contributed by atoms with Crippen molar-refractivity contribution in [2.75, 3.05) is 0 Å². The van der Waals surface area contributed by atoms with E-state index < -0.39 is 6.03 Å². The Hall–Kier alpha value is -1.26. The zero-order valence-corrected chi connectivity index (χ0v) is 5.22. The van der Waals surface area contributed by atoms with Gasteiger partial charge in [-0.05, 0) is 0 Å². The van der Waals surface area contributed by atoms with Gasteiger partial charge < -0.3 is 11.5 Å². The van der Waals surface area contributed by atoms with Crippen molar-refractivity contribution in [1.29, 1.82) is 0 Å². The number of carbonyl (C=O) groups is 1. The summed E-state index contributed by atoms with van der Waals surface area (Å²) in [6.07, 6.45) is 0.597. The number of hydrogen-bond acceptors (Lipinski definition) is 2. The molecule has 2 amide bonds. The Morgan fingerprint density at radius 2 is 2.22 bits per heavy atom. The monoisotopic (exact) mass is 130 g/mol. The molecular weight excluding hydrogens is 120 g/mol. The van der Waals surface area contributed by atoms with Gasteiger partial charge in [0.15, 0.2) is 0 Å². The highest BCUT2D eigenvalue weighted by molar-refractivity contribution is 5.81. The van der Waals surface area contributed by atoms with Gasteiger partial charge in [-0.3, -0.25) is 0 Å². The molecule has 52 valence electrons. The zero-order chi connectivity index (χ0) is 7.28. The van der Waals surface area contributed by atoms with E-state index in [0.717, 1.165) is 0 Å². The molecule has 0 bridgehead atoms. The maximum atomic E-state index is 9.97. The van der Waals surface area contributed by atoms with E-state index in [2.05, 4.69) is 10.8 Å². The minimum absolute atomic E-state index is 0.355. The maximum Gasteiger partial charge on any atom is 0.332 e. The Kier molecular flexibility index (Phi) is 3.19. The van der Waals surface area contributed by atoms with Crippen LogP contribution in [0.5, 0.6) is 0 Å². The fraction of sp³-hybridized carbons (Fsp3) is 0.500. The summed E-state index contributed by atoms with van der Waals surface area (Å²) in [5, 5.41) is 3.41. The predicted molar refractivity (Wildman–Crippen MR) is 34.6 cm³/mol. The number of rotatable bonds is 2. The summed E-state index contributed by atoms with van der Waals surface area (Å²) in [6.45, 7) is 1.82. The fourth-order valence-electron chi connectivity index (χ4n) is 0.206. The summed E-state index contributed by atoms with van der Waals surface area (Å²) in [4.78, 5) is 9.97. The van der Waals surface area contributed by atoms with Crippen LogP contribution in [0.2, 0.25) is 0 Å².